The van der Waals surface area contributed by atoms with E-state index in [2.05, 4.69) is 32.2 Å². The molecule has 3 aliphatic rings. The standard InChI is InChI=1S/C31H46O6/c1-7-17-36-29(35)37-30(4,5)28(34)15-10-20(2)25-13-14-26-22(9-8-16-31(25,26)6)11-12-23-18-24(32)19-27(33)21(23)3/h10-12,15,24-28,32-34H,2-3,7-9,13-14,16-19H2,1,4-6H3/b15-10+,22-11+,23-12-/t24?,25-,26+,27?,28-,31-/m1/s1. The number of allylic oxidation sites excluding steroid dienone is 5. The summed E-state index contributed by atoms with van der Waals surface area (Å²) < 4.78 is 10.3. The topological polar surface area (TPSA) is 96.2 Å². The van der Waals surface area contributed by atoms with Crippen molar-refractivity contribution in [2.45, 2.75) is 103 Å². The molecular weight excluding hydrogens is 468 g/mol. The van der Waals surface area contributed by atoms with E-state index in [4.69, 9.17) is 9.47 Å². The quantitative estimate of drug-likeness (QED) is 0.274. The molecule has 3 rings (SSSR count). The normalized spacial score (nSPS) is 33.5. The first-order chi connectivity index (χ1) is 17.4. The summed E-state index contributed by atoms with van der Waals surface area (Å²) in [5, 5.41) is 31.0. The van der Waals surface area contributed by atoms with Crippen LogP contribution in [-0.4, -0.2) is 52.0 Å². The van der Waals surface area contributed by atoms with Crippen molar-refractivity contribution < 1.29 is 29.6 Å². The number of hydrogen-bond acceptors (Lipinski definition) is 6. The molecule has 0 bridgehead atoms. The Bertz CT molecular complexity index is 957. The third kappa shape index (κ3) is 6.84. The summed E-state index contributed by atoms with van der Waals surface area (Å²) in [6.45, 7) is 16.3. The van der Waals surface area contributed by atoms with E-state index in [1.807, 2.05) is 13.0 Å². The Kier molecular flexibility index (Phi) is 9.65. The molecule has 2 unspecified atom stereocenters. The van der Waals surface area contributed by atoms with E-state index in [0.717, 1.165) is 43.3 Å². The average molecular weight is 515 g/mol. The van der Waals surface area contributed by atoms with Gasteiger partial charge in [0.15, 0.2) is 0 Å². The molecule has 0 aromatic heterocycles. The number of carbonyl (C=O) groups is 1. The molecular formula is C31H46O6. The fraction of sp³-hybridized carbons (Fsp3) is 0.645. The Labute approximate surface area is 222 Å². The molecule has 0 spiro atoms. The van der Waals surface area contributed by atoms with Crippen molar-refractivity contribution in [2.24, 2.45) is 17.3 Å². The van der Waals surface area contributed by atoms with Crippen molar-refractivity contribution in [3.63, 3.8) is 0 Å². The zero-order valence-corrected chi connectivity index (χ0v) is 23.0. The maximum Gasteiger partial charge on any atom is 0.508 e. The maximum absolute atomic E-state index is 11.9. The molecule has 0 aromatic rings. The van der Waals surface area contributed by atoms with E-state index in [1.54, 1.807) is 19.9 Å². The lowest BCUT2D eigenvalue weighted by Crippen LogP contribution is -2.40. The highest BCUT2D eigenvalue weighted by Crippen LogP contribution is 2.59. The molecule has 6 atom stereocenters. The Morgan fingerprint density at radius 3 is 2.70 bits per heavy atom. The largest absolute Gasteiger partial charge is 0.508 e. The van der Waals surface area contributed by atoms with Crippen LogP contribution in [0.1, 0.15) is 79.1 Å². The molecule has 6 nitrogen and oxygen atoms in total. The minimum absolute atomic E-state index is 0.0769. The van der Waals surface area contributed by atoms with Crippen LogP contribution in [0.25, 0.3) is 0 Å². The molecule has 3 saturated carbocycles. The maximum atomic E-state index is 11.9. The Hall–Kier alpha value is -2.15. The van der Waals surface area contributed by atoms with E-state index in [1.165, 1.54) is 5.57 Å². The third-order valence-corrected chi connectivity index (χ3v) is 8.65. The van der Waals surface area contributed by atoms with Gasteiger partial charge in [-0.25, -0.2) is 4.79 Å². The number of hydrogen-bond donors (Lipinski definition) is 3. The van der Waals surface area contributed by atoms with Gasteiger partial charge in [-0.05, 0) is 87.2 Å². The summed E-state index contributed by atoms with van der Waals surface area (Å²) in [5.41, 5.74) is 3.01. The second-order valence-corrected chi connectivity index (χ2v) is 11.8. The third-order valence-electron chi connectivity index (χ3n) is 8.65. The van der Waals surface area contributed by atoms with Crippen molar-refractivity contribution in [1.82, 2.24) is 0 Å². The van der Waals surface area contributed by atoms with Gasteiger partial charge in [0.2, 0.25) is 0 Å². The molecule has 3 aliphatic carbocycles. The number of carbonyl (C=O) groups excluding carboxylic acids is 1. The molecule has 0 amide bonds. The lowest BCUT2D eigenvalue weighted by molar-refractivity contribution is -0.0666. The fourth-order valence-corrected chi connectivity index (χ4v) is 6.37. The van der Waals surface area contributed by atoms with Crippen LogP contribution in [0.5, 0.6) is 0 Å². The van der Waals surface area contributed by atoms with Crippen LogP contribution < -0.4 is 0 Å². The van der Waals surface area contributed by atoms with Crippen LogP contribution >= 0.6 is 0 Å². The first-order valence-electron chi connectivity index (χ1n) is 13.7. The zero-order valence-electron chi connectivity index (χ0n) is 23.0. The second kappa shape index (κ2) is 12.1. The SMILES string of the molecule is C=C1/C(=C\C=C2/CCC[C@]3(C)[C@@H](C(=C)/C=C/[C@@H](O)C(C)(C)OC(=O)OCCC)CC[C@@H]23)CC(O)CC1O. The van der Waals surface area contributed by atoms with Crippen LogP contribution in [-0.2, 0) is 9.47 Å². The highest BCUT2D eigenvalue weighted by atomic mass is 16.7. The first-order valence-corrected chi connectivity index (χ1v) is 13.7. The van der Waals surface area contributed by atoms with Gasteiger partial charge in [0, 0.05) is 6.42 Å². The number of aliphatic hydroxyl groups is 3. The summed E-state index contributed by atoms with van der Waals surface area (Å²) in [6, 6.07) is 0. The Morgan fingerprint density at radius 1 is 1.27 bits per heavy atom. The lowest BCUT2D eigenvalue weighted by Gasteiger charge is -2.42. The van der Waals surface area contributed by atoms with Gasteiger partial charge in [-0.1, -0.05) is 62.5 Å². The molecule has 0 saturated heterocycles. The van der Waals surface area contributed by atoms with Crippen molar-refractivity contribution in [1.29, 1.82) is 0 Å². The summed E-state index contributed by atoms with van der Waals surface area (Å²) in [4.78, 5) is 11.9. The lowest BCUT2D eigenvalue weighted by atomic mass is 9.62. The summed E-state index contributed by atoms with van der Waals surface area (Å²) >= 11 is 0. The van der Waals surface area contributed by atoms with Gasteiger partial charge in [-0.2, -0.15) is 0 Å². The van der Waals surface area contributed by atoms with Gasteiger partial charge in [0.1, 0.15) is 11.7 Å². The predicted octanol–water partition coefficient (Wildman–Crippen LogP) is 5.94. The average Bonchev–Trinajstić information content (AvgIpc) is 3.19. The van der Waals surface area contributed by atoms with E-state index < -0.39 is 30.1 Å². The summed E-state index contributed by atoms with van der Waals surface area (Å²) in [6.07, 6.45) is 11.8. The predicted molar refractivity (Wildman–Crippen MR) is 146 cm³/mol. The van der Waals surface area contributed by atoms with Crippen molar-refractivity contribution in [3.8, 4) is 0 Å². The molecule has 3 fully saturated rings. The van der Waals surface area contributed by atoms with Crippen molar-refractivity contribution in [2.75, 3.05) is 6.61 Å². The Balaban J connectivity index is 1.69. The van der Waals surface area contributed by atoms with E-state index in [0.29, 0.717) is 36.7 Å². The Morgan fingerprint density at radius 2 is 2.00 bits per heavy atom. The number of rotatable bonds is 8. The molecule has 6 heteroatoms. The fourth-order valence-electron chi connectivity index (χ4n) is 6.37. The number of ether oxygens (including phenoxy) is 2. The second-order valence-electron chi connectivity index (χ2n) is 11.8. The van der Waals surface area contributed by atoms with Gasteiger partial charge in [0.25, 0.3) is 0 Å². The number of fused-ring (bicyclic) bond motifs is 1. The highest BCUT2D eigenvalue weighted by Gasteiger charge is 2.49. The van der Waals surface area contributed by atoms with Crippen molar-refractivity contribution >= 4 is 6.16 Å². The summed E-state index contributed by atoms with van der Waals surface area (Å²) in [7, 11) is 0. The molecule has 0 aromatic carbocycles. The molecule has 0 radical (unpaired) electrons. The van der Waals surface area contributed by atoms with Crippen LogP contribution in [0.3, 0.4) is 0 Å². The van der Waals surface area contributed by atoms with Crippen LogP contribution in [0, 0.1) is 17.3 Å². The minimum Gasteiger partial charge on any atom is -0.434 e. The molecule has 206 valence electrons. The van der Waals surface area contributed by atoms with Crippen LogP contribution in [0.15, 0.2) is 59.8 Å². The van der Waals surface area contributed by atoms with Gasteiger partial charge >= 0.3 is 6.16 Å². The van der Waals surface area contributed by atoms with E-state index in [9.17, 15) is 20.1 Å². The van der Waals surface area contributed by atoms with Gasteiger partial charge < -0.3 is 24.8 Å². The highest BCUT2D eigenvalue weighted by molar-refractivity contribution is 5.60. The van der Waals surface area contributed by atoms with Crippen molar-refractivity contribution in [3.05, 3.63) is 59.8 Å². The first kappa shape index (κ1) is 29.4. The van der Waals surface area contributed by atoms with Crippen LogP contribution in [0.2, 0.25) is 0 Å². The molecule has 37 heavy (non-hydrogen) atoms. The molecule has 3 N–H and O–H groups in total. The minimum atomic E-state index is -1.12. The zero-order chi connectivity index (χ0) is 27.4. The number of aliphatic hydroxyl groups excluding tert-OH is 3. The van der Waals surface area contributed by atoms with E-state index >= 15 is 0 Å². The van der Waals surface area contributed by atoms with Gasteiger partial charge in [-0.3, -0.25) is 0 Å². The summed E-state index contributed by atoms with van der Waals surface area (Å²) in [5.74, 6) is 0.738. The smallest absolute Gasteiger partial charge is 0.434 e. The van der Waals surface area contributed by atoms with Crippen LogP contribution in [0.4, 0.5) is 4.79 Å². The molecule has 0 aliphatic heterocycles. The monoisotopic (exact) mass is 514 g/mol. The van der Waals surface area contributed by atoms with E-state index in [-0.39, 0.29) is 12.0 Å². The van der Waals surface area contributed by atoms with Gasteiger partial charge in [-0.15, -0.1) is 0 Å². The van der Waals surface area contributed by atoms with Gasteiger partial charge in [0.05, 0.1) is 18.8 Å². The molecule has 0 heterocycles.